The average Bonchev–Trinajstić information content (AvgIpc) is 3.16. The molecule has 0 spiro atoms. The van der Waals surface area contributed by atoms with Crippen LogP contribution in [0.2, 0.25) is 0 Å². The molecule has 0 aliphatic carbocycles. The molecule has 0 atom stereocenters. The van der Waals surface area contributed by atoms with Gasteiger partial charge in [0.05, 0.1) is 6.54 Å². The first-order chi connectivity index (χ1) is 13.0. The fourth-order valence-electron chi connectivity index (χ4n) is 2.76. The number of amides is 2. The Kier molecular flexibility index (Phi) is 5.76. The third-order valence-corrected chi connectivity index (χ3v) is 4.35. The molecule has 1 aromatic heterocycles. The van der Waals surface area contributed by atoms with Crippen molar-refractivity contribution in [3.8, 4) is 0 Å². The van der Waals surface area contributed by atoms with Crippen molar-refractivity contribution in [2.75, 3.05) is 24.3 Å². The molecule has 0 saturated carbocycles. The first-order valence-corrected chi connectivity index (χ1v) is 8.89. The Morgan fingerprint density at radius 2 is 1.85 bits per heavy atom. The van der Waals surface area contributed by atoms with Crippen LogP contribution in [0.5, 0.6) is 0 Å². The highest BCUT2D eigenvalue weighted by molar-refractivity contribution is 5.90. The summed E-state index contributed by atoms with van der Waals surface area (Å²) < 4.78 is 1.88. The van der Waals surface area contributed by atoms with Gasteiger partial charge in [0.2, 0.25) is 0 Å². The first-order valence-electron chi connectivity index (χ1n) is 8.89. The maximum absolute atomic E-state index is 12.2. The van der Waals surface area contributed by atoms with Gasteiger partial charge in [-0.25, -0.2) is 4.79 Å². The Hall–Kier alpha value is -3.28. The predicted octanol–water partition coefficient (Wildman–Crippen LogP) is 3.63. The van der Waals surface area contributed by atoms with Crippen molar-refractivity contribution in [2.45, 2.75) is 20.0 Å². The number of nitrogens with zero attached hydrogens (tertiary/aromatic N) is 3. The topological polar surface area (TPSA) is 62.2 Å². The van der Waals surface area contributed by atoms with Gasteiger partial charge in [-0.1, -0.05) is 24.3 Å². The zero-order valence-electron chi connectivity index (χ0n) is 15.9. The van der Waals surface area contributed by atoms with Gasteiger partial charge in [-0.2, -0.15) is 5.10 Å². The Labute approximate surface area is 159 Å². The fourth-order valence-corrected chi connectivity index (χ4v) is 2.76. The van der Waals surface area contributed by atoms with Crippen LogP contribution in [0.3, 0.4) is 0 Å². The summed E-state index contributed by atoms with van der Waals surface area (Å²) in [5.74, 6) is 0. The van der Waals surface area contributed by atoms with Crippen LogP contribution in [0.1, 0.15) is 16.7 Å². The fraction of sp³-hybridized carbons (Fsp3) is 0.238. The van der Waals surface area contributed by atoms with Crippen LogP contribution >= 0.6 is 0 Å². The van der Waals surface area contributed by atoms with Crippen molar-refractivity contribution in [1.82, 2.24) is 15.1 Å². The Bertz CT molecular complexity index is 885. The molecule has 0 aliphatic rings. The van der Waals surface area contributed by atoms with Crippen LogP contribution in [-0.2, 0) is 13.1 Å². The molecule has 3 rings (SSSR count). The number of anilines is 2. The van der Waals surface area contributed by atoms with Crippen molar-refractivity contribution in [3.63, 3.8) is 0 Å². The van der Waals surface area contributed by atoms with Crippen LogP contribution in [0.4, 0.5) is 16.2 Å². The predicted molar refractivity (Wildman–Crippen MR) is 109 cm³/mol. The first kappa shape index (κ1) is 18.5. The zero-order chi connectivity index (χ0) is 19.2. The number of hydrogen-bond acceptors (Lipinski definition) is 3. The van der Waals surface area contributed by atoms with Crippen molar-refractivity contribution in [2.24, 2.45) is 0 Å². The minimum absolute atomic E-state index is 0.212. The molecular weight excluding hydrogens is 338 g/mol. The van der Waals surface area contributed by atoms with Gasteiger partial charge in [-0.05, 0) is 47.9 Å². The number of carbonyl (C=O) groups is 1. The molecule has 0 bridgehead atoms. The molecule has 0 aliphatic heterocycles. The summed E-state index contributed by atoms with van der Waals surface area (Å²) in [6.45, 7) is 3.20. The number of nitrogens with one attached hydrogen (secondary N) is 2. The van der Waals surface area contributed by atoms with E-state index >= 15 is 0 Å². The summed E-state index contributed by atoms with van der Waals surface area (Å²) in [4.78, 5) is 14.2. The molecule has 2 aromatic carbocycles. The summed E-state index contributed by atoms with van der Waals surface area (Å²) in [6.07, 6.45) is 3.71. The zero-order valence-corrected chi connectivity index (χ0v) is 15.9. The van der Waals surface area contributed by atoms with Crippen LogP contribution in [0.25, 0.3) is 0 Å². The average molecular weight is 363 g/mol. The Morgan fingerprint density at radius 3 is 2.48 bits per heavy atom. The van der Waals surface area contributed by atoms with Crippen molar-refractivity contribution >= 4 is 17.4 Å². The van der Waals surface area contributed by atoms with Gasteiger partial charge in [-0.3, -0.25) is 4.68 Å². The van der Waals surface area contributed by atoms with E-state index in [1.54, 1.807) is 6.20 Å². The molecule has 140 valence electrons. The molecule has 27 heavy (non-hydrogen) atoms. The Balaban J connectivity index is 1.51. The molecule has 0 radical (unpaired) electrons. The molecule has 3 aromatic rings. The number of aromatic nitrogens is 2. The molecule has 2 N–H and O–H groups in total. The lowest BCUT2D eigenvalue weighted by Crippen LogP contribution is -2.28. The van der Waals surface area contributed by atoms with Gasteiger partial charge in [0.25, 0.3) is 0 Å². The summed E-state index contributed by atoms with van der Waals surface area (Å²) in [5.41, 5.74) is 5.17. The number of carbonyl (C=O) groups excluding carboxylic acids is 1. The number of benzene rings is 2. The van der Waals surface area contributed by atoms with E-state index in [9.17, 15) is 4.79 Å². The van der Waals surface area contributed by atoms with E-state index in [2.05, 4.69) is 27.9 Å². The summed E-state index contributed by atoms with van der Waals surface area (Å²) >= 11 is 0. The van der Waals surface area contributed by atoms with Gasteiger partial charge in [0.1, 0.15) is 0 Å². The van der Waals surface area contributed by atoms with Crippen LogP contribution < -0.4 is 15.5 Å². The van der Waals surface area contributed by atoms with Gasteiger partial charge in [0, 0.05) is 44.4 Å². The second-order valence-corrected chi connectivity index (χ2v) is 6.72. The van der Waals surface area contributed by atoms with Crippen LogP contribution in [0, 0.1) is 6.92 Å². The monoisotopic (exact) mass is 363 g/mol. The molecule has 0 fully saturated rings. The lowest BCUT2D eigenvalue weighted by atomic mass is 10.1. The lowest BCUT2D eigenvalue weighted by molar-refractivity contribution is 0.251. The number of urea groups is 1. The molecule has 0 saturated heterocycles. The highest BCUT2D eigenvalue weighted by Crippen LogP contribution is 2.21. The minimum atomic E-state index is -0.212. The molecule has 6 heteroatoms. The second kappa shape index (κ2) is 8.40. The molecule has 2 amide bonds. The van der Waals surface area contributed by atoms with Crippen molar-refractivity contribution in [1.29, 1.82) is 0 Å². The number of aryl methyl sites for hydroxylation is 1. The van der Waals surface area contributed by atoms with Crippen molar-refractivity contribution < 1.29 is 4.79 Å². The van der Waals surface area contributed by atoms with Crippen LogP contribution in [0.15, 0.2) is 60.9 Å². The third kappa shape index (κ3) is 5.10. The van der Waals surface area contributed by atoms with Crippen molar-refractivity contribution in [3.05, 3.63) is 77.6 Å². The molecule has 6 nitrogen and oxygen atoms in total. The highest BCUT2D eigenvalue weighted by Gasteiger charge is 2.06. The standard InChI is InChI=1S/C21H25N5O/c1-16-13-19(25(2)3)9-10-20(16)24-21(27)22-14-17-5-7-18(8-6-17)15-26-12-4-11-23-26/h4-13H,14-15H2,1-3H3,(H2,22,24,27). The lowest BCUT2D eigenvalue weighted by Gasteiger charge is -2.16. The van der Waals surface area contributed by atoms with Gasteiger partial charge < -0.3 is 15.5 Å². The SMILES string of the molecule is Cc1cc(N(C)C)ccc1NC(=O)NCc1ccc(Cn2cccn2)cc1. The molecular formula is C21H25N5O. The van der Waals surface area contributed by atoms with E-state index in [-0.39, 0.29) is 6.03 Å². The van der Waals surface area contributed by atoms with Gasteiger partial charge >= 0.3 is 6.03 Å². The summed E-state index contributed by atoms with van der Waals surface area (Å²) in [5, 5.41) is 10.0. The Morgan fingerprint density at radius 1 is 1.11 bits per heavy atom. The smallest absolute Gasteiger partial charge is 0.319 e. The minimum Gasteiger partial charge on any atom is -0.378 e. The van der Waals surface area contributed by atoms with Crippen LogP contribution in [-0.4, -0.2) is 29.9 Å². The summed E-state index contributed by atoms with van der Waals surface area (Å²) in [7, 11) is 3.99. The largest absolute Gasteiger partial charge is 0.378 e. The van der Waals surface area contributed by atoms with E-state index in [4.69, 9.17) is 0 Å². The van der Waals surface area contributed by atoms with E-state index in [0.717, 1.165) is 29.0 Å². The maximum atomic E-state index is 12.2. The van der Waals surface area contributed by atoms with E-state index < -0.39 is 0 Å². The van der Waals surface area contributed by atoms with E-state index in [1.807, 2.05) is 73.2 Å². The second-order valence-electron chi connectivity index (χ2n) is 6.72. The molecule has 1 heterocycles. The summed E-state index contributed by atoms with van der Waals surface area (Å²) in [6, 6.07) is 15.8. The number of hydrogen-bond donors (Lipinski definition) is 2. The van der Waals surface area contributed by atoms with Gasteiger partial charge in [-0.15, -0.1) is 0 Å². The molecule has 0 unspecified atom stereocenters. The van der Waals surface area contributed by atoms with E-state index in [0.29, 0.717) is 6.54 Å². The third-order valence-electron chi connectivity index (χ3n) is 4.35. The van der Waals surface area contributed by atoms with E-state index in [1.165, 1.54) is 5.56 Å². The van der Waals surface area contributed by atoms with Gasteiger partial charge in [0.15, 0.2) is 0 Å². The quantitative estimate of drug-likeness (QED) is 0.703. The normalized spacial score (nSPS) is 10.5. The highest BCUT2D eigenvalue weighted by atomic mass is 16.2. The number of rotatable bonds is 6. The maximum Gasteiger partial charge on any atom is 0.319 e.